The largest absolute Gasteiger partial charge is 0.351 e. The van der Waals surface area contributed by atoms with Crippen molar-refractivity contribution in [2.75, 3.05) is 31.5 Å². The monoisotopic (exact) mass is 437 g/mol. The number of carbonyl (C=O) groups is 3. The zero-order chi connectivity index (χ0) is 22.7. The van der Waals surface area contributed by atoms with Crippen LogP contribution >= 0.6 is 0 Å². The normalized spacial score (nSPS) is 14.8. The van der Waals surface area contributed by atoms with E-state index in [0.717, 1.165) is 10.9 Å². The molecule has 1 aromatic heterocycles. The summed E-state index contributed by atoms with van der Waals surface area (Å²) in [5, 5.41) is 6.19. The van der Waals surface area contributed by atoms with Crippen molar-refractivity contribution in [2.45, 2.75) is 13.0 Å². The zero-order valence-corrected chi connectivity index (χ0v) is 17.6. The van der Waals surface area contributed by atoms with Gasteiger partial charge in [-0.3, -0.25) is 9.59 Å². The van der Waals surface area contributed by atoms with Crippen LogP contribution in [0.4, 0.5) is 14.9 Å². The fraction of sp³-hybridized carbons (Fsp3) is 0.261. The van der Waals surface area contributed by atoms with Crippen LogP contribution in [0.3, 0.4) is 0 Å². The summed E-state index contributed by atoms with van der Waals surface area (Å²) in [5.74, 6) is -1.01. The van der Waals surface area contributed by atoms with E-state index in [4.69, 9.17) is 0 Å². The van der Waals surface area contributed by atoms with Gasteiger partial charge < -0.3 is 25.4 Å². The number of aromatic nitrogens is 1. The lowest BCUT2D eigenvalue weighted by Crippen LogP contribution is -2.55. The first-order valence-electron chi connectivity index (χ1n) is 10.4. The molecule has 1 aliphatic rings. The number of hydrogen-bond acceptors (Lipinski definition) is 3. The summed E-state index contributed by atoms with van der Waals surface area (Å²) in [6.07, 6.45) is 0. The number of para-hydroxylation sites is 1. The molecule has 32 heavy (non-hydrogen) atoms. The Balaban J connectivity index is 1.28. The summed E-state index contributed by atoms with van der Waals surface area (Å²) >= 11 is 0. The number of nitrogens with one attached hydrogen (secondary N) is 3. The van der Waals surface area contributed by atoms with Gasteiger partial charge in [0.05, 0.1) is 0 Å². The van der Waals surface area contributed by atoms with Gasteiger partial charge in [0.15, 0.2) is 0 Å². The SMILES string of the molecule is CC(NC(=O)N1CCN(C(=O)c2cc3ccccc3[nH]2)CC1)C(=O)Nc1cccc(F)c1. The van der Waals surface area contributed by atoms with E-state index in [0.29, 0.717) is 37.6 Å². The maximum atomic E-state index is 13.3. The fourth-order valence-electron chi connectivity index (χ4n) is 3.63. The molecule has 0 spiro atoms. The Morgan fingerprint density at radius 3 is 2.41 bits per heavy atom. The first-order chi connectivity index (χ1) is 15.4. The summed E-state index contributed by atoms with van der Waals surface area (Å²) in [4.78, 5) is 44.1. The highest BCUT2D eigenvalue weighted by Gasteiger charge is 2.27. The summed E-state index contributed by atoms with van der Waals surface area (Å²) in [6, 6.07) is 13.9. The molecule has 0 radical (unpaired) electrons. The summed E-state index contributed by atoms with van der Waals surface area (Å²) in [5.41, 5.74) is 1.74. The zero-order valence-electron chi connectivity index (χ0n) is 17.6. The van der Waals surface area contributed by atoms with Crippen LogP contribution in [-0.4, -0.2) is 64.9 Å². The molecule has 1 unspecified atom stereocenters. The molecule has 2 heterocycles. The van der Waals surface area contributed by atoms with E-state index in [1.54, 1.807) is 22.8 Å². The van der Waals surface area contributed by atoms with Crippen LogP contribution < -0.4 is 10.6 Å². The molecule has 1 aliphatic heterocycles. The molecule has 0 aliphatic carbocycles. The van der Waals surface area contributed by atoms with Crippen molar-refractivity contribution < 1.29 is 18.8 Å². The average Bonchev–Trinajstić information content (AvgIpc) is 3.23. The van der Waals surface area contributed by atoms with Gasteiger partial charge in [-0.05, 0) is 37.3 Å². The van der Waals surface area contributed by atoms with Crippen molar-refractivity contribution in [1.82, 2.24) is 20.1 Å². The van der Waals surface area contributed by atoms with Crippen molar-refractivity contribution in [1.29, 1.82) is 0 Å². The lowest BCUT2D eigenvalue weighted by molar-refractivity contribution is -0.117. The predicted molar refractivity (Wildman–Crippen MR) is 119 cm³/mol. The molecule has 3 N–H and O–H groups in total. The van der Waals surface area contributed by atoms with Crippen LogP contribution in [0.5, 0.6) is 0 Å². The number of H-pyrrole nitrogens is 1. The first-order valence-corrected chi connectivity index (χ1v) is 10.4. The highest BCUT2D eigenvalue weighted by atomic mass is 19.1. The van der Waals surface area contributed by atoms with Gasteiger partial charge in [0.1, 0.15) is 17.6 Å². The summed E-state index contributed by atoms with van der Waals surface area (Å²) in [7, 11) is 0. The minimum absolute atomic E-state index is 0.107. The molecular weight excluding hydrogens is 413 g/mol. The van der Waals surface area contributed by atoms with Gasteiger partial charge in [0.25, 0.3) is 5.91 Å². The molecule has 0 saturated carbocycles. The standard InChI is InChI=1S/C23H24FN5O3/c1-15(21(30)26-18-7-4-6-17(24)14-18)25-23(32)29-11-9-28(10-12-29)22(31)20-13-16-5-2-3-8-19(16)27-20/h2-8,13-15,27H,9-12H2,1H3,(H,25,32)(H,26,30). The Labute approximate surface area is 184 Å². The molecule has 166 valence electrons. The van der Waals surface area contributed by atoms with Gasteiger partial charge in [0, 0.05) is 42.8 Å². The average molecular weight is 437 g/mol. The molecular formula is C23H24FN5O3. The van der Waals surface area contributed by atoms with Crippen LogP contribution in [0.15, 0.2) is 54.6 Å². The Morgan fingerprint density at radius 2 is 1.69 bits per heavy atom. The van der Waals surface area contributed by atoms with Crippen molar-refractivity contribution in [3.63, 3.8) is 0 Å². The number of nitrogens with zero attached hydrogens (tertiary/aromatic N) is 2. The van der Waals surface area contributed by atoms with Gasteiger partial charge in [-0.1, -0.05) is 24.3 Å². The van der Waals surface area contributed by atoms with E-state index in [-0.39, 0.29) is 11.9 Å². The van der Waals surface area contributed by atoms with Crippen molar-refractivity contribution in [3.05, 3.63) is 66.1 Å². The van der Waals surface area contributed by atoms with Crippen LogP contribution in [0, 0.1) is 5.82 Å². The number of urea groups is 1. The third-order valence-electron chi connectivity index (χ3n) is 5.44. The Hall–Kier alpha value is -3.88. The topological polar surface area (TPSA) is 97.5 Å². The molecule has 0 bridgehead atoms. The number of carbonyl (C=O) groups excluding carboxylic acids is 3. The quantitative estimate of drug-likeness (QED) is 0.586. The third kappa shape index (κ3) is 4.72. The lowest BCUT2D eigenvalue weighted by atomic mass is 10.2. The molecule has 9 heteroatoms. The number of halogens is 1. The minimum atomic E-state index is -0.809. The second-order valence-electron chi connectivity index (χ2n) is 7.72. The summed E-state index contributed by atoms with van der Waals surface area (Å²) < 4.78 is 13.3. The smallest absolute Gasteiger partial charge is 0.318 e. The number of piperazine rings is 1. The molecule has 2 aromatic carbocycles. The van der Waals surface area contributed by atoms with Gasteiger partial charge in [0.2, 0.25) is 5.91 Å². The highest BCUT2D eigenvalue weighted by molar-refractivity contribution is 5.98. The molecule has 8 nitrogen and oxygen atoms in total. The highest BCUT2D eigenvalue weighted by Crippen LogP contribution is 2.17. The molecule has 4 rings (SSSR count). The molecule has 1 saturated heterocycles. The fourth-order valence-corrected chi connectivity index (χ4v) is 3.63. The Morgan fingerprint density at radius 1 is 0.969 bits per heavy atom. The summed E-state index contributed by atoms with van der Waals surface area (Å²) in [6.45, 7) is 3.06. The minimum Gasteiger partial charge on any atom is -0.351 e. The third-order valence-corrected chi connectivity index (χ3v) is 5.44. The number of anilines is 1. The molecule has 1 fully saturated rings. The Kier molecular flexibility index (Phi) is 6.07. The predicted octanol–water partition coefficient (Wildman–Crippen LogP) is 2.80. The van der Waals surface area contributed by atoms with Crippen LogP contribution in [0.2, 0.25) is 0 Å². The number of aromatic amines is 1. The number of benzene rings is 2. The first kappa shape index (κ1) is 21.4. The van der Waals surface area contributed by atoms with E-state index in [1.165, 1.54) is 18.2 Å². The van der Waals surface area contributed by atoms with Crippen LogP contribution in [0.25, 0.3) is 10.9 Å². The van der Waals surface area contributed by atoms with Gasteiger partial charge in [-0.25, -0.2) is 9.18 Å². The van der Waals surface area contributed by atoms with E-state index >= 15 is 0 Å². The molecule has 1 atom stereocenters. The van der Waals surface area contributed by atoms with Gasteiger partial charge >= 0.3 is 6.03 Å². The Bertz CT molecular complexity index is 1120. The van der Waals surface area contributed by atoms with Gasteiger partial charge in [-0.15, -0.1) is 0 Å². The van der Waals surface area contributed by atoms with E-state index in [1.807, 2.05) is 30.3 Å². The molecule has 3 aromatic rings. The maximum absolute atomic E-state index is 13.3. The van der Waals surface area contributed by atoms with Crippen molar-refractivity contribution in [2.24, 2.45) is 0 Å². The van der Waals surface area contributed by atoms with Gasteiger partial charge in [-0.2, -0.15) is 0 Å². The second kappa shape index (κ2) is 9.09. The number of rotatable bonds is 4. The number of amides is 4. The van der Waals surface area contributed by atoms with E-state index in [2.05, 4.69) is 15.6 Å². The second-order valence-corrected chi connectivity index (χ2v) is 7.72. The van der Waals surface area contributed by atoms with E-state index in [9.17, 15) is 18.8 Å². The van der Waals surface area contributed by atoms with Crippen LogP contribution in [0.1, 0.15) is 17.4 Å². The van der Waals surface area contributed by atoms with Crippen molar-refractivity contribution in [3.8, 4) is 0 Å². The molecule has 4 amide bonds. The van der Waals surface area contributed by atoms with Crippen LogP contribution in [-0.2, 0) is 4.79 Å². The number of hydrogen-bond donors (Lipinski definition) is 3. The van der Waals surface area contributed by atoms with Crippen molar-refractivity contribution >= 4 is 34.4 Å². The lowest BCUT2D eigenvalue weighted by Gasteiger charge is -2.35. The number of fused-ring (bicyclic) bond motifs is 1. The maximum Gasteiger partial charge on any atom is 0.318 e. The van der Waals surface area contributed by atoms with E-state index < -0.39 is 17.8 Å².